The molecule has 0 saturated carbocycles. The predicted molar refractivity (Wildman–Crippen MR) is 147 cm³/mol. The molecule has 6 rings (SSSR count). The first-order chi connectivity index (χ1) is 18.1. The van der Waals surface area contributed by atoms with Gasteiger partial charge in [-0.2, -0.15) is 5.26 Å². The first kappa shape index (κ1) is 25.6. The highest BCUT2D eigenvalue weighted by Gasteiger charge is 2.29. The van der Waals surface area contributed by atoms with Gasteiger partial charge in [-0.15, -0.1) is 12.4 Å². The topological polar surface area (TPSA) is 111 Å². The zero-order valence-electron chi connectivity index (χ0n) is 20.8. The maximum Gasteiger partial charge on any atom is 0.278 e. The maximum atomic E-state index is 13.9. The number of para-hydroxylation sites is 2. The Bertz CT molecular complexity index is 1540. The summed E-state index contributed by atoms with van der Waals surface area (Å²) >= 11 is 0. The minimum atomic E-state index is -0.348. The third kappa shape index (κ3) is 4.69. The number of halogens is 1. The van der Waals surface area contributed by atoms with Crippen LogP contribution in [0, 0.1) is 11.3 Å². The van der Waals surface area contributed by atoms with Gasteiger partial charge in [0.1, 0.15) is 35.1 Å². The molecule has 4 aromatic rings. The van der Waals surface area contributed by atoms with E-state index in [-0.39, 0.29) is 36.7 Å². The lowest BCUT2D eigenvalue weighted by Crippen LogP contribution is -2.44. The molecule has 10 heteroatoms. The number of nitriles is 1. The lowest BCUT2D eigenvalue weighted by Gasteiger charge is -2.33. The van der Waals surface area contributed by atoms with E-state index in [2.05, 4.69) is 16.0 Å². The first-order valence-corrected chi connectivity index (χ1v) is 12.6. The van der Waals surface area contributed by atoms with Crippen molar-refractivity contribution in [1.29, 1.82) is 5.26 Å². The molecule has 2 N–H and O–H groups in total. The third-order valence-corrected chi connectivity index (χ3v) is 7.02. The van der Waals surface area contributed by atoms with Gasteiger partial charge in [-0.3, -0.25) is 9.36 Å². The molecule has 2 aromatic heterocycles. The Morgan fingerprint density at radius 3 is 2.63 bits per heavy atom. The van der Waals surface area contributed by atoms with E-state index >= 15 is 0 Å². The Kier molecular flexibility index (Phi) is 7.27. The lowest BCUT2D eigenvalue weighted by atomic mass is 10.1. The van der Waals surface area contributed by atoms with Crippen LogP contribution in [0.15, 0.2) is 65.7 Å². The summed E-state index contributed by atoms with van der Waals surface area (Å²) in [7, 11) is 0. The van der Waals surface area contributed by atoms with Gasteiger partial charge < -0.3 is 24.7 Å². The number of anilines is 1. The summed E-state index contributed by atoms with van der Waals surface area (Å²) in [6.45, 7) is 2.44. The number of benzene rings is 2. The fourth-order valence-electron chi connectivity index (χ4n) is 5.31. The van der Waals surface area contributed by atoms with Crippen molar-refractivity contribution in [3.05, 3.63) is 82.4 Å². The van der Waals surface area contributed by atoms with Gasteiger partial charge in [-0.05, 0) is 30.5 Å². The predicted octanol–water partition coefficient (Wildman–Crippen LogP) is 3.31. The number of aromatic nitrogens is 3. The van der Waals surface area contributed by atoms with Crippen molar-refractivity contribution in [2.45, 2.75) is 38.1 Å². The summed E-state index contributed by atoms with van der Waals surface area (Å²) in [6.07, 6.45) is 3.03. The van der Waals surface area contributed by atoms with Crippen molar-refractivity contribution in [2.24, 2.45) is 5.73 Å². The van der Waals surface area contributed by atoms with Gasteiger partial charge >= 0.3 is 0 Å². The van der Waals surface area contributed by atoms with Crippen LogP contribution in [-0.2, 0) is 13.1 Å². The molecule has 0 aliphatic carbocycles. The van der Waals surface area contributed by atoms with E-state index in [4.69, 9.17) is 15.2 Å². The Labute approximate surface area is 226 Å². The Balaban J connectivity index is 0.00000294. The van der Waals surface area contributed by atoms with Crippen LogP contribution >= 0.6 is 12.4 Å². The van der Waals surface area contributed by atoms with Crippen molar-refractivity contribution < 1.29 is 9.47 Å². The smallest absolute Gasteiger partial charge is 0.278 e. The summed E-state index contributed by atoms with van der Waals surface area (Å²) in [6, 6.07) is 19.8. The molecule has 9 nitrogen and oxygen atoms in total. The van der Waals surface area contributed by atoms with Gasteiger partial charge in [-0.1, -0.05) is 42.5 Å². The van der Waals surface area contributed by atoms with Crippen molar-refractivity contribution in [1.82, 2.24) is 14.1 Å². The van der Waals surface area contributed by atoms with Crippen LogP contribution in [0.5, 0.6) is 11.5 Å². The number of ether oxygens (including phenoxy) is 2. The molecule has 0 spiro atoms. The second-order valence-electron chi connectivity index (χ2n) is 9.63. The third-order valence-electron chi connectivity index (χ3n) is 7.02. The highest BCUT2D eigenvalue weighted by atomic mass is 35.5. The molecule has 0 amide bonds. The van der Waals surface area contributed by atoms with Gasteiger partial charge in [0.15, 0.2) is 17.6 Å². The number of nitrogens with two attached hydrogens (primary N) is 1. The van der Waals surface area contributed by atoms with Crippen LogP contribution in [0.2, 0.25) is 0 Å². The SMILES string of the molecule is Cl.N#Cc1c(N2CCCC(N)C2)n(Cc2ccccc2)c2c(=O)n(CC3COc4ccccc4O3)cnc12. The van der Waals surface area contributed by atoms with E-state index in [1.807, 2.05) is 59.2 Å². The molecule has 2 aromatic carbocycles. The molecule has 4 heterocycles. The lowest BCUT2D eigenvalue weighted by molar-refractivity contribution is 0.0777. The molecule has 1 saturated heterocycles. The summed E-state index contributed by atoms with van der Waals surface area (Å²) < 4.78 is 15.4. The van der Waals surface area contributed by atoms with E-state index < -0.39 is 0 Å². The fourth-order valence-corrected chi connectivity index (χ4v) is 5.31. The summed E-state index contributed by atoms with van der Waals surface area (Å²) in [4.78, 5) is 20.7. The zero-order valence-corrected chi connectivity index (χ0v) is 21.6. The zero-order chi connectivity index (χ0) is 25.4. The summed E-state index contributed by atoms with van der Waals surface area (Å²) in [5.74, 6) is 2.06. The van der Waals surface area contributed by atoms with E-state index in [0.717, 1.165) is 24.9 Å². The Hall–Kier alpha value is -4.00. The highest BCUT2D eigenvalue weighted by Crippen LogP contribution is 2.33. The van der Waals surface area contributed by atoms with Gasteiger partial charge in [-0.25, -0.2) is 4.98 Å². The minimum Gasteiger partial charge on any atom is -0.486 e. The average molecular weight is 533 g/mol. The second kappa shape index (κ2) is 10.8. The Morgan fingerprint density at radius 1 is 1.11 bits per heavy atom. The maximum absolute atomic E-state index is 13.9. The minimum absolute atomic E-state index is 0. The molecule has 2 unspecified atom stereocenters. The molecule has 1 fully saturated rings. The van der Waals surface area contributed by atoms with Gasteiger partial charge in [0, 0.05) is 25.7 Å². The number of piperidine rings is 1. The molecular weight excluding hydrogens is 504 g/mol. The van der Waals surface area contributed by atoms with Crippen LogP contribution in [-0.4, -0.2) is 46.0 Å². The van der Waals surface area contributed by atoms with E-state index in [9.17, 15) is 10.1 Å². The monoisotopic (exact) mass is 532 g/mol. The molecule has 38 heavy (non-hydrogen) atoms. The normalized spacial score (nSPS) is 18.6. The van der Waals surface area contributed by atoms with Crippen LogP contribution in [0.4, 0.5) is 5.82 Å². The van der Waals surface area contributed by atoms with Crippen molar-refractivity contribution in [2.75, 3.05) is 24.6 Å². The molecule has 2 aliphatic heterocycles. The van der Waals surface area contributed by atoms with Crippen LogP contribution < -0.4 is 25.7 Å². The van der Waals surface area contributed by atoms with Gasteiger partial charge in [0.05, 0.1) is 12.9 Å². The van der Waals surface area contributed by atoms with Crippen molar-refractivity contribution in [3.63, 3.8) is 0 Å². The van der Waals surface area contributed by atoms with Crippen molar-refractivity contribution >= 4 is 29.3 Å². The van der Waals surface area contributed by atoms with Gasteiger partial charge in [0.25, 0.3) is 5.56 Å². The molecule has 0 radical (unpaired) electrons. The highest BCUT2D eigenvalue weighted by molar-refractivity contribution is 5.89. The fraction of sp³-hybridized carbons (Fsp3) is 0.321. The standard InChI is InChI=1S/C28H28N6O3.ClH/c29-13-22-25-26(28(35)33(18-31-25)16-21-17-36-23-10-4-5-11-24(23)37-21)34(14-19-7-2-1-3-8-19)27(22)32-12-6-9-20(30)15-32;/h1-5,7-8,10-11,18,20-21H,6,9,12,14-17,30H2;1H. The molecular formula is C28H29ClN6O3. The summed E-state index contributed by atoms with van der Waals surface area (Å²) in [5.41, 5.74) is 8.36. The van der Waals surface area contributed by atoms with Gasteiger partial charge in [0.2, 0.25) is 0 Å². The largest absolute Gasteiger partial charge is 0.486 e. The number of rotatable bonds is 5. The molecule has 0 bridgehead atoms. The van der Waals surface area contributed by atoms with Crippen LogP contribution in [0.25, 0.3) is 11.0 Å². The number of nitrogens with zero attached hydrogens (tertiary/aromatic N) is 5. The first-order valence-electron chi connectivity index (χ1n) is 12.6. The van der Waals surface area contributed by atoms with E-state index in [1.54, 1.807) is 4.57 Å². The number of fused-ring (bicyclic) bond motifs is 2. The average Bonchev–Trinajstić information content (AvgIpc) is 3.24. The molecule has 2 atom stereocenters. The number of hydrogen-bond donors (Lipinski definition) is 1. The van der Waals surface area contributed by atoms with Crippen LogP contribution in [0.3, 0.4) is 0 Å². The van der Waals surface area contributed by atoms with Crippen LogP contribution in [0.1, 0.15) is 24.0 Å². The van der Waals surface area contributed by atoms with E-state index in [0.29, 0.717) is 53.6 Å². The molecule has 2 aliphatic rings. The Morgan fingerprint density at radius 2 is 1.87 bits per heavy atom. The van der Waals surface area contributed by atoms with Crippen molar-refractivity contribution in [3.8, 4) is 17.6 Å². The number of hydrogen-bond acceptors (Lipinski definition) is 7. The quantitative estimate of drug-likeness (QED) is 0.419. The second-order valence-corrected chi connectivity index (χ2v) is 9.63. The molecule has 196 valence electrons. The van der Waals surface area contributed by atoms with E-state index in [1.165, 1.54) is 6.33 Å². The summed E-state index contributed by atoms with van der Waals surface area (Å²) in [5, 5.41) is 10.2.